The van der Waals surface area contributed by atoms with Gasteiger partial charge in [0, 0.05) is 26.8 Å². The maximum absolute atomic E-state index is 11.8. The van der Waals surface area contributed by atoms with Gasteiger partial charge in [0.25, 0.3) is 0 Å². The summed E-state index contributed by atoms with van der Waals surface area (Å²) in [6, 6.07) is -0.176. The number of likely N-dealkylation sites (N-methyl/N-ethyl adjacent to an activating group) is 1. The second-order valence-corrected chi connectivity index (χ2v) is 3.97. The van der Waals surface area contributed by atoms with E-state index in [0.717, 1.165) is 12.8 Å². The minimum atomic E-state index is -0.436. The van der Waals surface area contributed by atoms with E-state index in [4.69, 9.17) is 10.5 Å². The third-order valence-corrected chi connectivity index (χ3v) is 2.67. The van der Waals surface area contributed by atoms with Crippen LogP contribution < -0.4 is 5.73 Å². The van der Waals surface area contributed by atoms with E-state index < -0.39 is 6.04 Å². The van der Waals surface area contributed by atoms with Crippen LogP contribution in [0.5, 0.6) is 0 Å². The van der Waals surface area contributed by atoms with Crippen molar-refractivity contribution in [2.24, 2.45) is 5.73 Å². The van der Waals surface area contributed by atoms with Crippen LogP contribution in [0.25, 0.3) is 0 Å². The minimum absolute atomic E-state index is 0.00741. The molecule has 2 N–H and O–H groups in total. The molecule has 4 nitrogen and oxygen atoms in total. The Balaban J connectivity index is 4.05. The Bertz CT molecular complexity index is 185. The van der Waals surface area contributed by atoms with Crippen LogP contribution >= 0.6 is 0 Å². The number of nitrogens with zero attached hydrogens (tertiary/aromatic N) is 1. The molecule has 0 aromatic heterocycles. The molecule has 0 rings (SSSR count). The Kier molecular flexibility index (Phi) is 7.34. The van der Waals surface area contributed by atoms with Crippen LogP contribution in [0.4, 0.5) is 0 Å². The summed E-state index contributed by atoms with van der Waals surface area (Å²) in [6.07, 6.45) is 2.67. The van der Waals surface area contributed by atoms with Crippen molar-refractivity contribution >= 4 is 5.91 Å². The molecule has 15 heavy (non-hydrogen) atoms. The Morgan fingerprint density at radius 3 is 2.53 bits per heavy atom. The van der Waals surface area contributed by atoms with Crippen molar-refractivity contribution in [1.29, 1.82) is 0 Å². The topological polar surface area (TPSA) is 55.6 Å². The number of methoxy groups -OCH3 is 1. The quantitative estimate of drug-likeness (QED) is 0.690. The lowest BCUT2D eigenvalue weighted by Gasteiger charge is -2.27. The summed E-state index contributed by atoms with van der Waals surface area (Å²) in [6.45, 7) is 4.69. The molecule has 0 aromatic rings. The van der Waals surface area contributed by atoms with Gasteiger partial charge >= 0.3 is 0 Å². The fourth-order valence-corrected chi connectivity index (χ4v) is 1.46. The van der Waals surface area contributed by atoms with E-state index in [9.17, 15) is 4.79 Å². The molecule has 0 radical (unpaired) electrons. The zero-order valence-corrected chi connectivity index (χ0v) is 10.3. The van der Waals surface area contributed by atoms with Gasteiger partial charge in [-0.2, -0.15) is 0 Å². The first kappa shape index (κ1) is 14.4. The predicted molar refractivity (Wildman–Crippen MR) is 61.6 cm³/mol. The van der Waals surface area contributed by atoms with Gasteiger partial charge in [0.2, 0.25) is 5.91 Å². The van der Waals surface area contributed by atoms with Gasteiger partial charge in [0.1, 0.15) is 0 Å². The molecule has 0 heterocycles. The zero-order valence-electron chi connectivity index (χ0n) is 10.3. The maximum atomic E-state index is 11.8. The molecule has 2 atom stereocenters. The molecule has 0 aliphatic rings. The van der Waals surface area contributed by atoms with E-state index >= 15 is 0 Å². The molecule has 0 saturated carbocycles. The molecule has 1 amide bonds. The average molecular weight is 216 g/mol. The van der Waals surface area contributed by atoms with E-state index in [-0.39, 0.29) is 11.9 Å². The van der Waals surface area contributed by atoms with Crippen LogP contribution in [0, 0.1) is 0 Å². The predicted octanol–water partition coefficient (Wildman–Crippen LogP) is 0.997. The summed E-state index contributed by atoms with van der Waals surface area (Å²) < 4.78 is 4.90. The number of carbonyl (C=O) groups excluding carboxylic acids is 1. The second kappa shape index (κ2) is 7.65. The molecule has 0 saturated heterocycles. The first-order valence-corrected chi connectivity index (χ1v) is 5.55. The monoisotopic (exact) mass is 216 g/mol. The number of hydrogen-bond donors (Lipinski definition) is 1. The third-order valence-electron chi connectivity index (χ3n) is 2.67. The van der Waals surface area contributed by atoms with Gasteiger partial charge in [-0.1, -0.05) is 13.3 Å². The molecule has 2 unspecified atom stereocenters. The van der Waals surface area contributed by atoms with Crippen molar-refractivity contribution in [3.05, 3.63) is 0 Å². The lowest BCUT2D eigenvalue weighted by Crippen LogP contribution is -2.46. The fraction of sp³-hybridized carbons (Fsp3) is 0.909. The summed E-state index contributed by atoms with van der Waals surface area (Å²) >= 11 is 0. The van der Waals surface area contributed by atoms with Gasteiger partial charge in [0.15, 0.2) is 0 Å². The highest BCUT2D eigenvalue weighted by molar-refractivity contribution is 5.81. The first-order valence-electron chi connectivity index (χ1n) is 5.55. The lowest BCUT2D eigenvalue weighted by atomic mass is 10.1. The number of amides is 1. The SMILES string of the molecule is CCCC(C)N(C)C(=O)C(N)CCOC. The van der Waals surface area contributed by atoms with E-state index in [2.05, 4.69) is 6.92 Å². The third kappa shape index (κ3) is 5.14. The van der Waals surface area contributed by atoms with Crippen molar-refractivity contribution in [3.8, 4) is 0 Å². The van der Waals surface area contributed by atoms with Crippen LogP contribution in [0.15, 0.2) is 0 Å². The zero-order chi connectivity index (χ0) is 11.8. The summed E-state index contributed by atoms with van der Waals surface area (Å²) in [7, 11) is 3.43. The number of ether oxygens (including phenoxy) is 1. The molecular formula is C11H24N2O2. The van der Waals surface area contributed by atoms with Crippen molar-refractivity contribution in [1.82, 2.24) is 4.90 Å². The highest BCUT2D eigenvalue weighted by Crippen LogP contribution is 2.06. The molecule has 0 fully saturated rings. The Morgan fingerprint density at radius 2 is 2.07 bits per heavy atom. The summed E-state index contributed by atoms with van der Waals surface area (Å²) in [4.78, 5) is 13.6. The number of rotatable bonds is 7. The molecule has 0 aromatic carbocycles. The van der Waals surface area contributed by atoms with E-state index in [1.165, 1.54) is 0 Å². The molecule has 0 aliphatic heterocycles. The highest BCUT2D eigenvalue weighted by atomic mass is 16.5. The first-order chi connectivity index (χ1) is 7.04. The minimum Gasteiger partial charge on any atom is -0.385 e. The van der Waals surface area contributed by atoms with Crippen molar-refractivity contribution in [3.63, 3.8) is 0 Å². The van der Waals surface area contributed by atoms with Crippen molar-refractivity contribution in [2.45, 2.75) is 45.2 Å². The van der Waals surface area contributed by atoms with Gasteiger partial charge in [-0.25, -0.2) is 0 Å². The molecule has 0 spiro atoms. The molecule has 4 heteroatoms. The Labute approximate surface area is 92.8 Å². The summed E-state index contributed by atoms with van der Waals surface area (Å²) in [5, 5.41) is 0. The second-order valence-electron chi connectivity index (χ2n) is 3.97. The molecule has 0 bridgehead atoms. The molecule has 0 aliphatic carbocycles. The fourth-order valence-electron chi connectivity index (χ4n) is 1.46. The summed E-state index contributed by atoms with van der Waals surface area (Å²) in [5.74, 6) is 0.00741. The van der Waals surface area contributed by atoms with Crippen LogP contribution in [-0.2, 0) is 9.53 Å². The van der Waals surface area contributed by atoms with E-state index in [1.807, 2.05) is 14.0 Å². The van der Waals surface area contributed by atoms with Crippen molar-refractivity contribution < 1.29 is 9.53 Å². The number of carbonyl (C=O) groups is 1. The van der Waals surface area contributed by atoms with E-state index in [0.29, 0.717) is 13.0 Å². The molecular weight excluding hydrogens is 192 g/mol. The average Bonchev–Trinajstić information content (AvgIpc) is 2.24. The molecule has 90 valence electrons. The standard InChI is InChI=1S/C11H24N2O2/c1-5-6-9(2)13(3)11(14)10(12)7-8-15-4/h9-10H,5-8,12H2,1-4H3. The summed E-state index contributed by atoms with van der Waals surface area (Å²) in [5.41, 5.74) is 5.77. The largest absolute Gasteiger partial charge is 0.385 e. The van der Waals surface area contributed by atoms with Gasteiger partial charge in [0.05, 0.1) is 6.04 Å². The van der Waals surface area contributed by atoms with Crippen LogP contribution in [0.1, 0.15) is 33.1 Å². The Hall–Kier alpha value is -0.610. The Morgan fingerprint density at radius 1 is 1.47 bits per heavy atom. The van der Waals surface area contributed by atoms with Gasteiger partial charge in [-0.05, 0) is 19.8 Å². The van der Waals surface area contributed by atoms with Crippen LogP contribution in [-0.4, -0.2) is 43.7 Å². The number of nitrogens with two attached hydrogens (primary N) is 1. The normalized spacial score (nSPS) is 14.7. The van der Waals surface area contributed by atoms with Gasteiger partial charge < -0.3 is 15.4 Å². The smallest absolute Gasteiger partial charge is 0.239 e. The maximum Gasteiger partial charge on any atom is 0.239 e. The lowest BCUT2D eigenvalue weighted by molar-refractivity contribution is -0.133. The number of hydrogen-bond acceptors (Lipinski definition) is 3. The van der Waals surface area contributed by atoms with Crippen molar-refractivity contribution in [2.75, 3.05) is 20.8 Å². The van der Waals surface area contributed by atoms with Gasteiger partial charge in [-0.15, -0.1) is 0 Å². The highest BCUT2D eigenvalue weighted by Gasteiger charge is 2.20. The van der Waals surface area contributed by atoms with Crippen LogP contribution in [0.2, 0.25) is 0 Å². The van der Waals surface area contributed by atoms with E-state index in [1.54, 1.807) is 12.0 Å². The van der Waals surface area contributed by atoms with Crippen LogP contribution in [0.3, 0.4) is 0 Å². The van der Waals surface area contributed by atoms with Gasteiger partial charge in [-0.3, -0.25) is 4.79 Å².